The molecule has 1 aliphatic heterocycles. The molecule has 10 heteroatoms. The summed E-state index contributed by atoms with van der Waals surface area (Å²) >= 11 is 0. The number of nitrogens with zero attached hydrogens (tertiary/aromatic N) is 4. The fourth-order valence-electron chi connectivity index (χ4n) is 4.03. The molecule has 1 atom stereocenters. The Kier molecular flexibility index (Phi) is 11.4. The molecular formula is C23H35IN6O3. The number of piperidine rings is 1. The number of guanidine groups is 1. The second kappa shape index (κ2) is 14.0. The van der Waals surface area contributed by atoms with Gasteiger partial charge in [0.1, 0.15) is 5.75 Å². The molecule has 9 nitrogen and oxygen atoms in total. The van der Waals surface area contributed by atoms with E-state index in [1.54, 1.807) is 14.2 Å². The van der Waals surface area contributed by atoms with Gasteiger partial charge in [0.05, 0.1) is 7.11 Å². The average Bonchev–Trinajstić information content (AvgIpc) is 3.27. The van der Waals surface area contributed by atoms with Crippen molar-refractivity contribution in [1.82, 2.24) is 20.4 Å². The zero-order valence-electron chi connectivity index (χ0n) is 19.5. The predicted octanol–water partition coefficient (Wildman–Crippen LogP) is 3.24. The number of ether oxygens (including phenoxy) is 1. The molecule has 182 valence electrons. The molecule has 2 heterocycles. The molecular weight excluding hydrogens is 535 g/mol. The summed E-state index contributed by atoms with van der Waals surface area (Å²) in [6.07, 6.45) is 6.37. The van der Waals surface area contributed by atoms with Crippen molar-refractivity contribution in [3.05, 3.63) is 30.2 Å². The summed E-state index contributed by atoms with van der Waals surface area (Å²) in [6, 6.07) is 7.61. The number of amides is 1. The van der Waals surface area contributed by atoms with Gasteiger partial charge in [-0.25, -0.2) is 0 Å². The van der Waals surface area contributed by atoms with Crippen LogP contribution in [0.5, 0.6) is 5.75 Å². The van der Waals surface area contributed by atoms with Gasteiger partial charge in [-0.15, -0.1) is 24.0 Å². The van der Waals surface area contributed by atoms with Crippen LogP contribution in [-0.2, 0) is 11.2 Å². The molecule has 3 N–H and O–H groups in total. The average molecular weight is 570 g/mol. The van der Waals surface area contributed by atoms with Crippen molar-refractivity contribution in [2.24, 2.45) is 16.6 Å². The lowest BCUT2D eigenvalue weighted by Crippen LogP contribution is -2.47. The second-order valence-corrected chi connectivity index (χ2v) is 8.15. The molecule has 1 amide bonds. The van der Waals surface area contributed by atoms with E-state index in [9.17, 15) is 4.79 Å². The third-order valence-electron chi connectivity index (χ3n) is 5.69. The number of hydrogen-bond donors (Lipinski definition) is 2. The molecule has 1 fully saturated rings. The van der Waals surface area contributed by atoms with Crippen LogP contribution in [-0.4, -0.2) is 60.7 Å². The van der Waals surface area contributed by atoms with E-state index in [1.807, 2.05) is 24.3 Å². The highest BCUT2D eigenvalue weighted by molar-refractivity contribution is 14.0. The van der Waals surface area contributed by atoms with Crippen molar-refractivity contribution < 1.29 is 14.1 Å². The number of aromatic nitrogens is 2. The molecule has 1 saturated heterocycles. The summed E-state index contributed by atoms with van der Waals surface area (Å²) in [5.74, 6) is 3.06. The lowest BCUT2D eigenvalue weighted by molar-refractivity contribution is -0.119. The van der Waals surface area contributed by atoms with Crippen LogP contribution in [0.1, 0.15) is 44.4 Å². The summed E-state index contributed by atoms with van der Waals surface area (Å²) in [7, 11) is 3.44. The van der Waals surface area contributed by atoms with E-state index in [1.165, 1.54) is 0 Å². The number of methoxy groups -OCH3 is 1. The van der Waals surface area contributed by atoms with E-state index in [0.717, 1.165) is 75.4 Å². The molecule has 33 heavy (non-hydrogen) atoms. The highest BCUT2D eigenvalue weighted by atomic mass is 127. The lowest BCUT2D eigenvalue weighted by Gasteiger charge is -2.34. The molecule has 3 rings (SSSR count). The Morgan fingerprint density at radius 1 is 1.30 bits per heavy atom. The quantitative estimate of drug-likeness (QED) is 0.195. The van der Waals surface area contributed by atoms with Gasteiger partial charge in [0, 0.05) is 45.1 Å². The van der Waals surface area contributed by atoms with Crippen LogP contribution in [0.15, 0.2) is 33.8 Å². The highest BCUT2D eigenvalue weighted by Gasteiger charge is 2.23. The Bertz CT molecular complexity index is 887. The van der Waals surface area contributed by atoms with Gasteiger partial charge in [-0.05, 0) is 55.9 Å². The first-order chi connectivity index (χ1) is 15.6. The zero-order chi connectivity index (χ0) is 22.8. The molecule has 2 aromatic rings. The second-order valence-electron chi connectivity index (χ2n) is 8.15. The number of hydrogen-bond acceptors (Lipinski definition) is 6. The number of aliphatic imine (C=N–C) groups is 1. The number of rotatable bonds is 10. The summed E-state index contributed by atoms with van der Waals surface area (Å²) in [6.45, 7) is 2.64. The number of nitrogens with one attached hydrogen (secondary N) is 1. The van der Waals surface area contributed by atoms with Crippen LogP contribution in [0.25, 0.3) is 11.4 Å². The van der Waals surface area contributed by atoms with Crippen LogP contribution in [0.4, 0.5) is 0 Å². The van der Waals surface area contributed by atoms with Gasteiger partial charge in [-0.3, -0.25) is 9.79 Å². The Morgan fingerprint density at radius 2 is 2.09 bits per heavy atom. The number of halogens is 1. The molecule has 0 radical (unpaired) electrons. The summed E-state index contributed by atoms with van der Waals surface area (Å²) in [4.78, 5) is 22.4. The van der Waals surface area contributed by atoms with Crippen molar-refractivity contribution in [3.63, 3.8) is 0 Å². The van der Waals surface area contributed by atoms with Gasteiger partial charge in [-0.2, -0.15) is 4.98 Å². The Balaban J connectivity index is 0.00000385. The van der Waals surface area contributed by atoms with Crippen molar-refractivity contribution in [2.75, 3.05) is 33.8 Å². The number of carbonyl (C=O) groups excluding carboxylic acids is 1. The molecule has 1 aromatic heterocycles. The van der Waals surface area contributed by atoms with Crippen LogP contribution < -0.4 is 15.8 Å². The van der Waals surface area contributed by atoms with E-state index in [-0.39, 0.29) is 29.9 Å². The van der Waals surface area contributed by atoms with Crippen molar-refractivity contribution >= 4 is 35.8 Å². The first-order valence-electron chi connectivity index (χ1n) is 11.3. The normalized spacial score (nSPS) is 16.2. The number of likely N-dealkylation sites (tertiary alicyclic amines) is 1. The van der Waals surface area contributed by atoms with Crippen LogP contribution >= 0.6 is 24.0 Å². The van der Waals surface area contributed by atoms with E-state index < -0.39 is 0 Å². The molecule has 0 saturated carbocycles. The van der Waals surface area contributed by atoms with E-state index >= 15 is 0 Å². The standard InChI is InChI=1S/C23H34N6O3.HI/c1-25-23(29-14-6-7-17(16-29)15-20(24)30)26-13-5-3-4-8-21-27-22(28-32-21)18-9-11-19(31-2)12-10-18;/h9-12,17H,3-8,13-16H2,1-2H3,(H2,24,30)(H,25,26);1H. The van der Waals surface area contributed by atoms with Crippen molar-refractivity contribution in [3.8, 4) is 17.1 Å². The third-order valence-corrected chi connectivity index (χ3v) is 5.69. The summed E-state index contributed by atoms with van der Waals surface area (Å²) in [5.41, 5.74) is 6.27. The maximum Gasteiger partial charge on any atom is 0.226 e. The van der Waals surface area contributed by atoms with Gasteiger partial charge in [0.2, 0.25) is 17.6 Å². The van der Waals surface area contributed by atoms with Crippen molar-refractivity contribution in [2.45, 2.75) is 44.9 Å². The van der Waals surface area contributed by atoms with Crippen LogP contribution in [0, 0.1) is 5.92 Å². The summed E-state index contributed by atoms with van der Waals surface area (Å²) < 4.78 is 10.6. The van der Waals surface area contributed by atoms with E-state index in [4.69, 9.17) is 15.0 Å². The topological polar surface area (TPSA) is 119 Å². The molecule has 0 bridgehead atoms. The number of benzene rings is 1. The number of nitrogens with two attached hydrogens (primary N) is 1. The number of primary amides is 1. The van der Waals surface area contributed by atoms with Gasteiger partial charge < -0.3 is 25.2 Å². The molecule has 1 aliphatic rings. The smallest absolute Gasteiger partial charge is 0.226 e. The maximum atomic E-state index is 11.2. The van der Waals surface area contributed by atoms with E-state index in [2.05, 4.69) is 25.3 Å². The van der Waals surface area contributed by atoms with E-state index in [0.29, 0.717) is 24.1 Å². The SMILES string of the molecule is CN=C(NCCCCCc1nc(-c2ccc(OC)cc2)no1)N1CCCC(CC(N)=O)C1.I. The minimum absolute atomic E-state index is 0. The van der Waals surface area contributed by atoms with Crippen LogP contribution in [0.2, 0.25) is 0 Å². The predicted molar refractivity (Wildman–Crippen MR) is 139 cm³/mol. The monoisotopic (exact) mass is 570 g/mol. The largest absolute Gasteiger partial charge is 0.497 e. The van der Waals surface area contributed by atoms with Gasteiger partial charge in [0.25, 0.3) is 0 Å². The van der Waals surface area contributed by atoms with Crippen molar-refractivity contribution in [1.29, 1.82) is 0 Å². The van der Waals surface area contributed by atoms with Crippen LogP contribution in [0.3, 0.4) is 0 Å². The fourth-order valence-corrected chi connectivity index (χ4v) is 4.03. The minimum Gasteiger partial charge on any atom is -0.497 e. The maximum absolute atomic E-state index is 11.2. The Hall–Kier alpha value is -2.37. The molecule has 1 unspecified atom stereocenters. The zero-order valence-corrected chi connectivity index (χ0v) is 21.8. The number of unbranched alkanes of at least 4 members (excludes halogenated alkanes) is 2. The number of carbonyl (C=O) groups is 1. The first-order valence-corrected chi connectivity index (χ1v) is 11.3. The molecule has 1 aromatic carbocycles. The minimum atomic E-state index is -0.225. The third kappa shape index (κ3) is 8.49. The fraction of sp³-hybridized carbons (Fsp3) is 0.565. The Labute approximate surface area is 212 Å². The van der Waals surface area contributed by atoms with Gasteiger partial charge in [-0.1, -0.05) is 11.6 Å². The summed E-state index contributed by atoms with van der Waals surface area (Å²) in [5, 5.41) is 7.52. The molecule has 0 aliphatic carbocycles. The lowest BCUT2D eigenvalue weighted by atomic mass is 9.95. The number of aryl methyl sites for hydroxylation is 1. The first kappa shape index (κ1) is 26.9. The van der Waals surface area contributed by atoms with Gasteiger partial charge in [0.15, 0.2) is 5.96 Å². The van der Waals surface area contributed by atoms with Gasteiger partial charge >= 0.3 is 0 Å². The molecule has 0 spiro atoms. The highest BCUT2D eigenvalue weighted by Crippen LogP contribution is 2.21. The Morgan fingerprint density at radius 3 is 2.79 bits per heavy atom.